The van der Waals surface area contributed by atoms with Crippen molar-refractivity contribution in [3.63, 3.8) is 0 Å². The maximum atomic E-state index is 13.7. The number of ketones is 1. The number of carbonyl (C=O) groups excluding carboxylic acids is 2. The summed E-state index contributed by atoms with van der Waals surface area (Å²) in [4.78, 5) is 24.8. The summed E-state index contributed by atoms with van der Waals surface area (Å²) in [6.45, 7) is 0.944. The smallest absolute Gasteiger partial charge is 0.245 e. The summed E-state index contributed by atoms with van der Waals surface area (Å²) >= 11 is 1.08. The molecule has 1 aliphatic rings. The van der Waals surface area contributed by atoms with Gasteiger partial charge in [-0.3, -0.25) is 9.59 Å². The van der Waals surface area contributed by atoms with Gasteiger partial charge in [-0.25, -0.2) is 4.39 Å². The average molecular weight is 346 g/mol. The molecular formula is C17H15FN2O3S. The molecular weight excluding hydrogens is 331 g/mol. The number of hydrogen-bond acceptors (Lipinski definition) is 5. The number of nitrogens with zero attached hydrogens (tertiary/aromatic N) is 1. The third kappa shape index (κ3) is 3.30. The van der Waals surface area contributed by atoms with Crippen molar-refractivity contribution in [2.75, 3.05) is 13.2 Å². The summed E-state index contributed by atoms with van der Waals surface area (Å²) in [6, 6.07) is 7.70. The second-order valence-electron chi connectivity index (χ2n) is 5.57. The molecule has 1 aromatic heterocycles. The summed E-state index contributed by atoms with van der Waals surface area (Å²) in [5, 5.41) is 12.1. The monoisotopic (exact) mass is 346 g/mol. The number of Topliss-reactive ketones (excluding diaryl/α,β-unsaturated/α-hetero) is 1. The van der Waals surface area contributed by atoms with Crippen molar-refractivity contribution in [3.05, 3.63) is 35.0 Å². The quantitative estimate of drug-likeness (QED) is 0.667. The van der Waals surface area contributed by atoms with Crippen LogP contribution < -0.4 is 5.32 Å². The van der Waals surface area contributed by atoms with Crippen molar-refractivity contribution in [2.24, 2.45) is 5.92 Å². The highest BCUT2D eigenvalue weighted by Crippen LogP contribution is 2.29. The van der Waals surface area contributed by atoms with E-state index in [1.54, 1.807) is 18.2 Å². The minimum Gasteiger partial charge on any atom is -0.376 e. The maximum absolute atomic E-state index is 13.7. The van der Waals surface area contributed by atoms with Gasteiger partial charge in [-0.1, -0.05) is 6.07 Å². The lowest BCUT2D eigenvalue weighted by Gasteiger charge is -2.12. The minimum absolute atomic E-state index is 0.0678. The molecule has 1 aliphatic heterocycles. The third-order valence-corrected chi connectivity index (χ3v) is 5.05. The van der Waals surface area contributed by atoms with Gasteiger partial charge in [0, 0.05) is 23.2 Å². The van der Waals surface area contributed by atoms with Gasteiger partial charge in [-0.15, -0.1) is 11.3 Å². The van der Waals surface area contributed by atoms with Gasteiger partial charge in [0.25, 0.3) is 0 Å². The number of rotatable bonds is 5. The Hall–Kier alpha value is -2.30. The van der Waals surface area contributed by atoms with E-state index in [9.17, 15) is 19.2 Å². The van der Waals surface area contributed by atoms with Crippen LogP contribution >= 0.6 is 11.3 Å². The van der Waals surface area contributed by atoms with E-state index in [-0.39, 0.29) is 17.5 Å². The zero-order valence-electron chi connectivity index (χ0n) is 12.8. The molecule has 0 spiro atoms. The van der Waals surface area contributed by atoms with Crippen LogP contribution in [0.3, 0.4) is 0 Å². The second kappa shape index (κ2) is 7.07. The molecule has 0 saturated carbocycles. The van der Waals surface area contributed by atoms with Gasteiger partial charge in [0.1, 0.15) is 5.82 Å². The molecule has 2 unspecified atom stereocenters. The van der Waals surface area contributed by atoms with Crippen molar-refractivity contribution < 1.29 is 18.7 Å². The van der Waals surface area contributed by atoms with E-state index in [1.807, 2.05) is 0 Å². The topological polar surface area (TPSA) is 79.2 Å². The van der Waals surface area contributed by atoms with E-state index in [0.717, 1.165) is 24.2 Å². The summed E-state index contributed by atoms with van der Waals surface area (Å²) in [7, 11) is 0. The Kier molecular flexibility index (Phi) is 4.88. The minimum atomic E-state index is -1.44. The van der Waals surface area contributed by atoms with Gasteiger partial charge in [0.15, 0.2) is 11.7 Å². The van der Waals surface area contributed by atoms with E-state index in [2.05, 4.69) is 5.32 Å². The summed E-state index contributed by atoms with van der Waals surface area (Å²) in [5.41, 5.74) is 0. The molecule has 24 heavy (non-hydrogen) atoms. The van der Waals surface area contributed by atoms with Crippen molar-refractivity contribution in [3.8, 4) is 6.07 Å². The summed E-state index contributed by atoms with van der Waals surface area (Å²) in [5.74, 6) is -3.12. The number of hydrogen-bond donors (Lipinski definition) is 1. The Morgan fingerprint density at radius 3 is 3.00 bits per heavy atom. The van der Waals surface area contributed by atoms with E-state index in [4.69, 9.17) is 4.74 Å². The Morgan fingerprint density at radius 1 is 1.50 bits per heavy atom. The van der Waals surface area contributed by atoms with Crippen LogP contribution in [0.5, 0.6) is 0 Å². The predicted octanol–water partition coefficient (Wildman–Crippen LogP) is 2.66. The van der Waals surface area contributed by atoms with Crippen LogP contribution in [0.1, 0.15) is 22.5 Å². The van der Waals surface area contributed by atoms with Crippen molar-refractivity contribution in [1.82, 2.24) is 5.32 Å². The number of halogens is 1. The molecule has 1 amide bonds. The van der Waals surface area contributed by atoms with Gasteiger partial charge >= 0.3 is 0 Å². The summed E-state index contributed by atoms with van der Waals surface area (Å²) < 4.78 is 19.7. The molecule has 1 aromatic carbocycles. The zero-order chi connectivity index (χ0) is 17.1. The number of thiophene rings is 1. The van der Waals surface area contributed by atoms with Crippen LogP contribution in [0, 0.1) is 23.1 Å². The average Bonchev–Trinajstić information content (AvgIpc) is 3.23. The highest BCUT2D eigenvalue weighted by Gasteiger charge is 2.30. The van der Waals surface area contributed by atoms with Crippen molar-refractivity contribution >= 4 is 33.1 Å². The molecule has 0 bridgehead atoms. The van der Waals surface area contributed by atoms with E-state index < -0.39 is 23.4 Å². The maximum Gasteiger partial charge on any atom is 0.245 e. The van der Waals surface area contributed by atoms with Crippen LogP contribution in [0.4, 0.5) is 4.39 Å². The molecule has 2 aromatic rings. The summed E-state index contributed by atoms with van der Waals surface area (Å²) in [6.07, 6.45) is 1.72. The largest absolute Gasteiger partial charge is 0.376 e. The van der Waals surface area contributed by atoms with Crippen LogP contribution in [-0.4, -0.2) is 30.9 Å². The van der Waals surface area contributed by atoms with Gasteiger partial charge in [-0.05, 0) is 31.0 Å². The van der Waals surface area contributed by atoms with Gasteiger partial charge < -0.3 is 10.1 Å². The molecule has 124 valence electrons. The number of carbonyl (C=O) groups is 2. The first-order chi connectivity index (χ1) is 11.6. The number of amides is 1. The lowest BCUT2D eigenvalue weighted by Crippen LogP contribution is -2.38. The first kappa shape index (κ1) is 16.6. The zero-order valence-corrected chi connectivity index (χ0v) is 13.6. The van der Waals surface area contributed by atoms with E-state index in [0.29, 0.717) is 16.7 Å². The number of nitriles is 1. The first-order valence-corrected chi connectivity index (χ1v) is 8.43. The van der Waals surface area contributed by atoms with E-state index in [1.165, 1.54) is 12.1 Å². The SMILES string of the molecule is N#CC(C(=O)NCC1CCCO1)C(=O)c1cc2c(F)cccc2s1. The number of benzene rings is 1. The molecule has 5 nitrogen and oxygen atoms in total. The molecule has 2 heterocycles. The highest BCUT2D eigenvalue weighted by atomic mass is 32.1. The van der Waals surface area contributed by atoms with Gasteiger partial charge in [0.05, 0.1) is 17.1 Å². The lowest BCUT2D eigenvalue weighted by molar-refractivity contribution is -0.122. The Bertz CT molecular complexity index is 821. The van der Waals surface area contributed by atoms with Crippen molar-refractivity contribution in [2.45, 2.75) is 18.9 Å². The third-order valence-electron chi connectivity index (χ3n) is 3.93. The molecule has 0 aliphatic carbocycles. The fourth-order valence-electron chi connectivity index (χ4n) is 2.65. The molecule has 1 saturated heterocycles. The Balaban J connectivity index is 1.73. The van der Waals surface area contributed by atoms with E-state index >= 15 is 0 Å². The molecule has 7 heteroatoms. The van der Waals surface area contributed by atoms with Crippen LogP contribution in [0.25, 0.3) is 10.1 Å². The van der Waals surface area contributed by atoms with Gasteiger partial charge in [0.2, 0.25) is 5.91 Å². The first-order valence-electron chi connectivity index (χ1n) is 7.61. The molecule has 0 radical (unpaired) electrons. The molecule has 1 fully saturated rings. The van der Waals surface area contributed by atoms with Crippen molar-refractivity contribution in [1.29, 1.82) is 5.26 Å². The molecule has 2 atom stereocenters. The normalized spacial score (nSPS) is 18.2. The predicted molar refractivity (Wildman–Crippen MR) is 87.2 cm³/mol. The fourth-order valence-corrected chi connectivity index (χ4v) is 3.69. The standard InChI is InChI=1S/C17H15FN2O3S/c18-13-4-1-5-14-11(13)7-15(24-14)16(21)12(8-19)17(22)20-9-10-3-2-6-23-10/h1,4-5,7,10,12H,2-3,6,9H2,(H,20,22). The lowest BCUT2D eigenvalue weighted by atomic mass is 10.0. The Morgan fingerprint density at radius 2 is 2.33 bits per heavy atom. The number of nitrogens with one attached hydrogen (secondary N) is 1. The number of fused-ring (bicyclic) bond motifs is 1. The number of ether oxygens (including phenoxy) is 1. The Labute approximate surface area is 142 Å². The van der Waals surface area contributed by atoms with Crippen LogP contribution in [-0.2, 0) is 9.53 Å². The van der Waals surface area contributed by atoms with Crippen LogP contribution in [0.15, 0.2) is 24.3 Å². The molecule has 3 rings (SSSR count). The highest BCUT2D eigenvalue weighted by molar-refractivity contribution is 7.20. The second-order valence-corrected chi connectivity index (χ2v) is 6.65. The fraction of sp³-hybridized carbons (Fsp3) is 0.353. The van der Waals surface area contributed by atoms with Gasteiger partial charge in [-0.2, -0.15) is 5.26 Å². The molecule has 1 N–H and O–H groups in total. The van der Waals surface area contributed by atoms with Crippen LogP contribution in [0.2, 0.25) is 0 Å².